The number of nitrogens with one attached hydrogen (secondary N) is 3. The number of benzene rings is 1. The van der Waals surface area contributed by atoms with Gasteiger partial charge in [0, 0.05) is 18.8 Å². The Kier molecular flexibility index (Phi) is 6.43. The molecule has 1 aliphatic heterocycles. The summed E-state index contributed by atoms with van der Waals surface area (Å²) in [6.45, 7) is 3.39. The van der Waals surface area contributed by atoms with E-state index in [1.807, 2.05) is 19.1 Å². The molecule has 1 aromatic heterocycles. The van der Waals surface area contributed by atoms with E-state index in [-0.39, 0.29) is 30.9 Å². The van der Waals surface area contributed by atoms with Crippen LogP contribution in [0.1, 0.15) is 42.6 Å². The van der Waals surface area contributed by atoms with Crippen molar-refractivity contribution < 1.29 is 18.7 Å². The highest BCUT2D eigenvalue weighted by molar-refractivity contribution is 6.01. The summed E-state index contributed by atoms with van der Waals surface area (Å²) >= 11 is 0. The van der Waals surface area contributed by atoms with Crippen molar-refractivity contribution in [1.29, 1.82) is 0 Å². The number of halogens is 1. The number of rotatable bonds is 10. The van der Waals surface area contributed by atoms with Crippen LogP contribution in [0.15, 0.2) is 36.5 Å². The molecule has 3 amide bonds. The van der Waals surface area contributed by atoms with E-state index in [4.69, 9.17) is 4.74 Å². The Morgan fingerprint density at radius 2 is 2.13 bits per heavy atom. The van der Waals surface area contributed by atoms with E-state index in [1.165, 1.54) is 11.0 Å². The molecule has 164 valence electrons. The zero-order valence-corrected chi connectivity index (χ0v) is 17.4. The van der Waals surface area contributed by atoms with Crippen LogP contribution < -0.4 is 20.9 Å². The zero-order chi connectivity index (χ0) is 21.8. The Hall–Kier alpha value is -3.04. The Labute approximate surface area is 180 Å². The lowest BCUT2D eigenvalue weighted by molar-refractivity contribution is -0.118. The molecule has 2 aromatic rings. The minimum absolute atomic E-state index is 0.0477. The number of hydrazine groups is 1. The summed E-state index contributed by atoms with van der Waals surface area (Å²) in [6, 6.07) is 8.21. The van der Waals surface area contributed by atoms with Crippen molar-refractivity contribution in [2.24, 2.45) is 5.92 Å². The molecule has 0 radical (unpaired) electrons. The Morgan fingerprint density at radius 1 is 1.29 bits per heavy atom. The second-order valence-corrected chi connectivity index (χ2v) is 8.03. The first kappa shape index (κ1) is 21.2. The van der Waals surface area contributed by atoms with Gasteiger partial charge in [0.15, 0.2) is 11.6 Å². The molecule has 1 aromatic carbocycles. The maximum atomic E-state index is 14.0. The van der Waals surface area contributed by atoms with Gasteiger partial charge in [0.1, 0.15) is 6.54 Å². The summed E-state index contributed by atoms with van der Waals surface area (Å²) in [5.41, 5.74) is 8.97. The van der Waals surface area contributed by atoms with Gasteiger partial charge in [0.05, 0.1) is 18.8 Å². The summed E-state index contributed by atoms with van der Waals surface area (Å²) in [5.74, 6) is 0.206. The maximum absolute atomic E-state index is 14.0. The van der Waals surface area contributed by atoms with Crippen molar-refractivity contribution in [2.45, 2.75) is 38.9 Å². The first-order valence-electron chi connectivity index (χ1n) is 10.4. The first-order chi connectivity index (χ1) is 15.0. The molecule has 8 nitrogen and oxygen atoms in total. The summed E-state index contributed by atoms with van der Waals surface area (Å²) in [5, 5.41) is 2.25. The molecule has 1 saturated heterocycles. The van der Waals surface area contributed by atoms with Gasteiger partial charge in [-0.2, -0.15) is 0 Å². The molecular weight excluding hydrogens is 401 g/mol. The van der Waals surface area contributed by atoms with Gasteiger partial charge in [-0.1, -0.05) is 6.07 Å². The van der Waals surface area contributed by atoms with E-state index in [0.29, 0.717) is 30.5 Å². The minimum atomic E-state index is -0.398. The van der Waals surface area contributed by atoms with Crippen molar-refractivity contribution in [1.82, 2.24) is 26.1 Å². The number of urea groups is 1. The molecule has 1 aliphatic carbocycles. The average Bonchev–Trinajstić information content (AvgIpc) is 3.52. The number of nitrogens with zero attached hydrogens (tertiary/aromatic N) is 2. The Morgan fingerprint density at radius 3 is 2.87 bits per heavy atom. The summed E-state index contributed by atoms with van der Waals surface area (Å²) in [4.78, 5) is 28.7. The molecule has 9 heteroatoms. The van der Waals surface area contributed by atoms with Crippen molar-refractivity contribution in [2.75, 3.05) is 13.2 Å². The highest BCUT2D eigenvalue weighted by Crippen LogP contribution is 2.31. The van der Waals surface area contributed by atoms with Gasteiger partial charge in [-0.3, -0.25) is 25.9 Å². The molecule has 2 aliphatic rings. The molecular formula is C22H26FN5O3. The fraction of sp³-hybridized carbons (Fsp3) is 0.409. The lowest BCUT2D eigenvalue weighted by atomic mass is 10.1. The number of ether oxygens (including phenoxy) is 1. The Balaban J connectivity index is 1.28. The fourth-order valence-electron chi connectivity index (χ4n) is 3.31. The number of carbonyl (C=O) groups excluding carboxylic acids is 2. The van der Waals surface area contributed by atoms with Crippen LogP contribution in [0, 0.1) is 11.7 Å². The van der Waals surface area contributed by atoms with E-state index in [0.717, 1.165) is 24.0 Å². The summed E-state index contributed by atoms with van der Waals surface area (Å²) in [7, 11) is 0. The topological polar surface area (TPSA) is 95.6 Å². The van der Waals surface area contributed by atoms with Crippen molar-refractivity contribution in [3.8, 4) is 5.75 Å². The van der Waals surface area contributed by atoms with Crippen LogP contribution in [0.4, 0.5) is 9.18 Å². The van der Waals surface area contributed by atoms with Gasteiger partial charge in [0.2, 0.25) is 5.91 Å². The molecule has 2 fully saturated rings. The molecule has 1 atom stereocenters. The monoisotopic (exact) mass is 427 g/mol. The van der Waals surface area contributed by atoms with Crippen molar-refractivity contribution in [3.63, 3.8) is 0 Å². The summed E-state index contributed by atoms with van der Waals surface area (Å²) in [6.07, 6.45) is 3.99. The maximum Gasteiger partial charge on any atom is 0.324 e. The van der Waals surface area contributed by atoms with Gasteiger partial charge in [-0.15, -0.1) is 0 Å². The molecule has 1 saturated carbocycles. The predicted octanol–water partition coefficient (Wildman–Crippen LogP) is 2.42. The molecule has 4 rings (SSSR count). The molecule has 1 unspecified atom stereocenters. The molecule has 0 spiro atoms. The van der Waals surface area contributed by atoms with Gasteiger partial charge in [-0.25, -0.2) is 9.18 Å². The van der Waals surface area contributed by atoms with Gasteiger partial charge in [0.25, 0.3) is 0 Å². The number of pyridine rings is 1. The number of imide groups is 1. The van der Waals surface area contributed by atoms with Gasteiger partial charge >= 0.3 is 6.03 Å². The van der Waals surface area contributed by atoms with Gasteiger partial charge < -0.3 is 9.64 Å². The highest BCUT2D eigenvalue weighted by atomic mass is 19.1. The number of carbonyl (C=O) groups is 2. The molecule has 31 heavy (non-hydrogen) atoms. The smallest absolute Gasteiger partial charge is 0.324 e. The van der Waals surface area contributed by atoms with Crippen LogP contribution >= 0.6 is 0 Å². The number of hydrogen-bond donors (Lipinski definition) is 3. The number of hydrogen-bond acceptors (Lipinski definition) is 6. The van der Waals surface area contributed by atoms with Crippen LogP contribution in [0.25, 0.3) is 0 Å². The Bertz CT molecular complexity index is 966. The average molecular weight is 427 g/mol. The fourth-order valence-corrected chi connectivity index (χ4v) is 3.31. The number of aromatic nitrogens is 1. The van der Waals surface area contributed by atoms with E-state index >= 15 is 0 Å². The molecule has 0 bridgehead atoms. The standard InChI is InChI=1S/C22H26FN5O3/c1-14(17-4-5-19(23)20(9-17)31-13-15-2-3-15)27-25-10-16-6-7-24-18(8-16)11-28-12-21(29)26-22(28)30/h4-9,14-15,25,27H,2-3,10-13H2,1H3,(H,26,29,30). The zero-order valence-electron chi connectivity index (χ0n) is 17.4. The normalized spacial score (nSPS) is 17.0. The molecule has 3 N–H and O–H groups in total. The second kappa shape index (κ2) is 9.40. The van der Waals surface area contributed by atoms with Crippen molar-refractivity contribution >= 4 is 11.9 Å². The van der Waals surface area contributed by atoms with Crippen LogP contribution in [0.5, 0.6) is 5.75 Å². The number of amides is 3. The summed E-state index contributed by atoms with van der Waals surface area (Å²) < 4.78 is 19.6. The quantitative estimate of drug-likeness (QED) is 0.398. The van der Waals surface area contributed by atoms with E-state index in [1.54, 1.807) is 18.3 Å². The largest absolute Gasteiger partial charge is 0.490 e. The van der Waals surface area contributed by atoms with Crippen LogP contribution in [-0.4, -0.2) is 35.0 Å². The second-order valence-electron chi connectivity index (χ2n) is 8.03. The third kappa shape index (κ3) is 5.77. The predicted molar refractivity (Wildman–Crippen MR) is 111 cm³/mol. The third-order valence-corrected chi connectivity index (χ3v) is 5.34. The van der Waals surface area contributed by atoms with Crippen molar-refractivity contribution in [3.05, 3.63) is 59.2 Å². The minimum Gasteiger partial charge on any atom is -0.490 e. The lowest BCUT2D eigenvalue weighted by Crippen LogP contribution is -2.33. The van der Waals surface area contributed by atoms with Gasteiger partial charge in [-0.05, 0) is 61.1 Å². The van der Waals surface area contributed by atoms with E-state index in [9.17, 15) is 14.0 Å². The lowest BCUT2D eigenvalue weighted by Gasteiger charge is -2.17. The first-order valence-corrected chi connectivity index (χ1v) is 10.4. The van der Waals surface area contributed by atoms with E-state index in [2.05, 4.69) is 21.2 Å². The SMILES string of the molecule is CC(NNCc1ccnc(CN2CC(=O)NC2=O)c1)c1ccc(F)c(OCC2CC2)c1. The van der Waals surface area contributed by atoms with Crippen LogP contribution in [-0.2, 0) is 17.9 Å². The van der Waals surface area contributed by atoms with E-state index < -0.39 is 6.03 Å². The van der Waals surface area contributed by atoms with Crippen LogP contribution in [0.2, 0.25) is 0 Å². The third-order valence-electron chi connectivity index (χ3n) is 5.34. The molecule has 2 heterocycles. The highest BCUT2D eigenvalue weighted by Gasteiger charge is 2.26. The van der Waals surface area contributed by atoms with Crippen LogP contribution in [0.3, 0.4) is 0 Å².